The minimum absolute atomic E-state index is 0.194. The van der Waals surface area contributed by atoms with Gasteiger partial charge in [0, 0.05) is 30.7 Å². The van der Waals surface area contributed by atoms with E-state index in [4.69, 9.17) is 10.5 Å². The smallest absolute Gasteiger partial charge is 0.307 e. The monoisotopic (exact) mass is 384 g/mol. The lowest BCUT2D eigenvalue weighted by molar-refractivity contribution is -0.144. The van der Waals surface area contributed by atoms with Gasteiger partial charge in [-0.3, -0.25) is 19.7 Å². The Labute approximate surface area is 157 Å². The first kappa shape index (κ1) is 22.0. The molecule has 26 heavy (non-hydrogen) atoms. The SMILES string of the molecule is CCCC(=O)OCNCCCc1nc(C(=O)NCCC(C)C(N)=O)cs1. The Morgan fingerprint density at radius 3 is 2.81 bits per heavy atom. The lowest BCUT2D eigenvalue weighted by Crippen LogP contribution is -2.29. The standard InChI is InChI=1S/C17H28N4O4S/c1-3-5-15(22)25-11-19-8-4-6-14-21-13(10-26-14)17(24)20-9-7-12(2)16(18)23/h10,12,19H,3-9,11H2,1-2H3,(H2,18,23)(H,20,24). The molecule has 0 radical (unpaired) electrons. The molecular formula is C17H28N4O4S. The van der Waals surface area contributed by atoms with Gasteiger partial charge < -0.3 is 15.8 Å². The van der Waals surface area contributed by atoms with Gasteiger partial charge >= 0.3 is 5.97 Å². The molecule has 0 aliphatic heterocycles. The van der Waals surface area contributed by atoms with E-state index in [1.165, 1.54) is 11.3 Å². The van der Waals surface area contributed by atoms with Crippen LogP contribution < -0.4 is 16.4 Å². The Bertz CT molecular complexity index is 591. The molecule has 0 spiro atoms. The third kappa shape index (κ3) is 8.91. The average molecular weight is 385 g/mol. The number of thiazole rings is 1. The van der Waals surface area contributed by atoms with Crippen molar-refractivity contribution in [2.45, 2.75) is 46.0 Å². The normalized spacial score (nSPS) is 11.8. The lowest BCUT2D eigenvalue weighted by atomic mass is 10.1. The predicted octanol–water partition coefficient (Wildman–Crippen LogP) is 1.21. The van der Waals surface area contributed by atoms with Gasteiger partial charge in [-0.1, -0.05) is 13.8 Å². The van der Waals surface area contributed by atoms with Crippen molar-refractivity contribution in [2.75, 3.05) is 19.8 Å². The second-order valence-electron chi connectivity index (χ2n) is 5.99. The Morgan fingerprint density at radius 1 is 1.35 bits per heavy atom. The fourth-order valence-electron chi connectivity index (χ4n) is 2.01. The van der Waals surface area contributed by atoms with Crippen LogP contribution in [0.15, 0.2) is 5.38 Å². The molecule has 1 rings (SSSR count). The Balaban J connectivity index is 2.19. The summed E-state index contributed by atoms with van der Waals surface area (Å²) in [6.45, 7) is 4.96. The van der Waals surface area contributed by atoms with E-state index in [0.717, 1.165) is 24.3 Å². The van der Waals surface area contributed by atoms with Gasteiger partial charge in [-0.05, 0) is 25.8 Å². The van der Waals surface area contributed by atoms with Gasteiger partial charge in [0.25, 0.3) is 5.91 Å². The zero-order valence-corrected chi connectivity index (χ0v) is 16.2. The van der Waals surface area contributed by atoms with Crippen molar-refractivity contribution in [3.05, 3.63) is 16.1 Å². The number of carbonyl (C=O) groups excluding carboxylic acids is 3. The number of primary amides is 1. The minimum Gasteiger partial charge on any atom is -0.450 e. The molecule has 0 saturated carbocycles. The predicted molar refractivity (Wildman–Crippen MR) is 99.6 cm³/mol. The van der Waals surface area contributed by atoms with Crippen molar-refractivity contribution in [3.63, 3.8) is 0 Å². The summed E-state index contributed by atoms with van der Waals surface area (Å²) >= 11 is 1.44. The number of esters is 1. The van der Waals surface area contributed by atoms with E-state index in [9.17, 15) is 14.4 Å². The van der Waals surface area contributed by atoms with Crippen LogP contribution in [0.5, 0.6) is 0 Å². The van der Waals surface area contributed by atoms with Crippen molar-refractivity contribution in [1.82, 2.24) is 15.6 Å². The molecule has 9 heteroatoms. The molecule has 1 atom stereocenters. The van der Waals surface area contributed by atoms with E-state index in [1.54, 1.807) is 12.3 Å². The first-order valence-corrected chi connectivity index (χ1v) is 9.70. The van der Waals surface area contributed by atoms with Gasteiger partial charge in [0.15, 0.2) is 0 Å². The van der Waals surface area contributed by atoms with Crippen LogP contribution in [-0.2, 0) is 20.7 Å². The molecule has 0 saturated heterocycles. The summed E-state index contributed by atoms with van der Waals surface area (Å²) in [6.07, 6.45) is 3.30. The summed E-state index contributed by atoms with van der Waals surface area (Å²) in [5, 5.41) is 8.38. The number of hydrogen-bond acceptors (Lipinski definition) is 7. The van der Waals surface area contributed by atoms with Gasteiger partial charge in [0.2, 0.25) is 5.91 Å². The second kappa shape index (κ2) is 12.4. The molecule has 1 aromatic rings. The van der Waals surface area contributed by atoms with E-state index < -0.39 is 0 Å². The van der Waals surface area contributed by atoms with E-state index in [-0.39, 0.29) is 30.4 Å². The minimum atomic E-state index is -0.371. The number of nitrogens with two attached hydrogens (primary N) is 1. The Morgan fingerprint density at radius 2 is 2.12 bits per heavy atom. The van der Waals surface area contributed by atoms with E-state index in [0.29, 0.717) is 31.6 Å². The van der Waals surface area contributed by atoms with Crippen LogP contribution in [0.1, 0.15) is 55.0 Å². The van der Waals surface area contributed by atoms with Crippen molar-refractivity contribution in [3.8, 4) is 0 Å². The van der Waals surface area contributed by atoms with Crippen LogP contribution in [0, 0.1) is 5.92 Å². The number of ether oxygens (including phenoxy) is 1. The van der Waals surface area contributed by atoms with E-state index >= 15 is 0 Å². The number of aromatic nitrogens is 1. The van der Waals surface area contributed by atoms with Crippen LogP contribution >= 0.6 is 11.3 Å². The summed E-state index contributed by atoms with van der Waals surface area (Å²) in [4.78, 5) is 38.4. The maximum atomic E-state index is 12.0. The summed E-state index contributed by atoms with van der Waals surface area (Å²) in [5.41, 5.74) is 5.57. The molecule has 0 aliphatic carbocycles. The third-order valence-electron chi connectivity index (χ3n) is 3.67. The lowest BCUT2D eigenvalue weighted by Gasteiger charge is -2.07. The molecule has 1 heterocycles. The highest BCUT2D eigenvalue weighted by Crippen LogP contribution is 2.11. The number of nitrogens with zero attached hydrogens (tertiary/aromatic N) is 1. The van der Waals surface area contributed by atoms with Gasteiger partial charge in [-0.25, -0.2) is 4.98 Å². The van der Waals surface area contributed by atoms with E-state index in [2.05, 4.69) is 15.6 Å². The highest BCUT2D eigenvalue weighted by Gasteiger charge is 2.12. The van der Waals surface area contributed by atoms with Crippen molar-refractivity contribution in [2.24, 2.45) is 11.7 Å². The quantitative estimate of drug-likeness (QED) is 0.267. The fourth-order valence-corrected chi connectivity index (χ4v) is 2.83. The number of aryl methyl sites for hydroxylation is 1. The van der Waals surface area contributed by atoms with Crippen molar-refractivity contribution >= 4 is 29.1 Å². The van der Waals surface area contributed by atoms with Crippen molar-refractivity contribution < 1.29 is 19.1 Å². The van der Waals surface area contributed by atoms with Gasteiger partial charge in [0.05, 0.1) is 5.01 Å². The highest BCUT2D eigenvalue weighted by molar-refractivity contribution is 7.09. The third-order valence-corrected chi connectivity index (χ3v) is 4.58. The van der Waals surface area contributed by atoms with Crippen LogP contribution in [0.25, 0.3) is 0 Å². The number of amides is 2. The first-order valence-electron chi connectivity index (χ1n) is 8.82. The molecule has 2 amide bonds. The Hall–Kier alpha value is -2.00. The van der Waals surface area contributed by atoms with E-state index in [1.807, 2.05) is 6.92 Å². The molecule has 0 aliphatic rings. The first-order chi connectivity index (χ1) is 12.4. The molecular weight excluding hydrogens is 356 g/mol. The Kier molecular flexibility index (Phi) is 10.5. The molecule has 1 aromatic heterocycles. The molecule has 1 unspecified atom stereocenters. The average Bonchev–Trinajstić information content (AvgIpc) is 3.07. The number of carbonyl (C=O) groups is 3. The number of nitrogens with one attached hydrogen (secondary N) is 2. The molecule has 0 fully saturated rings. The van der Waals surface area contributed by atoms with Gasteiger partial charge in [0.1, 0.15) is 12.4 Å². The highest BCUT2D eigenvalue weighted by atomic mass is 32.1. The second-order valence-corrected chi connectivity index (χ2v) is 6.93. The number of hydrogen-bond donors (Lipinski definition) is 3. The summed E-state index contributed by atoms with van der Waals surface area (Å²) < 4.78 is 4.99. The number of rotatable bonds is 13. The topological polar surface area (TPSA) is 123 Å². The molecule has 8 nitrogen and oxygen atoms in total. The zero-order valence-electron chi connectivity index (χ0n) is 15.4. The van der Waals surface area contributed by atoms with Crippen LogP contribution in [0.4, 0.5) is 0 Å². The van der Waals surface area contributed by atoms with Crippen LogP contribution in [0.3, 0.4) is 0 Å². The van der Waals surface area contributed by atoms with Crippen molar-refractivity contribution in [1.29, 1.82) is 0 Å². The van der Waals surface area contributed by atoms with Gasteiger partial charge in [-0.15, -0.1) is 11.3 Å². The summed E-state index contributed by atoms with van der Waals surface area (Å²) in [7, 11) is 0. The maximum Gasteiger partial charge on any atom is 0.307 e. The van der Waals surface area contributed by atoms with Gasteiger partial charge in [-0.2, -0.15) is 0 Å². The fraction of sp³-hybridized carbons (Fsp3) is 0.647. The van der Waals surface area contributed by atoms with Crippen LogP contribution in [-0.4, -0.2) is 42.6 Å². The summed E-state index contributed by atoms with van der Waals surface area (Å²) in [6, 6.07) is 0. The zero-order chi connectivity index (χ0) is 19.4. The molecule has 0 bridgehead atoms. The molecule has 4 N–H and O–H groups in total. The molecule has 0 aromatic carbocycles. The maximum absolute atomic E-state index is 12.0. The molecule has 146 valence electrons. The largest absolute Gasteiger partial charge is 0.450 e. The van der Waals surface area contributed by atoms with Crippen LogP contribution in [0.2, 0.25) is 0 Å². The summed E-state index contributed by atoms with van der Waals surface area (Å²) in [5.74, 6) is -1.08.